The fraction of sp³-hybridized carbons (Fsp3) is 0.909. The normalized spacial score (nSPS) is 26.7. The van der Waals surface area contributed by atoms with Crippen LogP contribution in [0, 0.1) is 11.8 Å². The predicted molar refractivity (Wildman–Crippen MR) is 59.1 cm³/mol. The first kappa shape index (κ1) is 12.5. The number of carbonyl (C=O) groups is 1. The summed E-state index contributed by atoms with van der Waals surface area (Å²) in [6, 6.07) is -0.0825. The van der Waals surface area contributed by atoms with Crippen molar-refractivity contribution in [3.63, 3.8) is 0 Å². The van der Waals surface area contributed by atoms with Gasteiger partial charge in [-0.3, -0.25) is 9.63 Å². The van der Waals surface area contributed by atoms with Gasteiger partial charge in [0.1, 0.15) is 0 Å². The highest BCUT2D eigenvalue weighted by Crippen LogP contribution is 2.14. The van der Waals surface area contributed by atoms with Gasteiger partial charge in [0.2, 0.25) is 0 Å². The van der Waals surface area contributed by atoms with Gasteiger partial charge in [-0.05, 0) is 31.2 Å². The molecular formula is C11H22N2O2. The molecule has 0 radical (unpaired) electrons. The van der Waals surface area contributed by atoms with Gasteiger partial charge >= 0.3 is 0 Å². The lowest BCUT2D eigenvalue weighted by Crippen LogP contribution is -2.48. The smallest absolute Gasteiger partial charge is 0.260 e. The van der Waals surface area contributed by atoms with E-state index in [1.165, 1.54) is 0 Å². The van der Waals surface area contributed by atoms with Crippen molar-refractivity contribution in [3.05, 3.63) is 0 Å². The number of hydroxylamine groups is 1. The Morgan fingerprint density at radius 3 is 2.93 bits per heavy atom. The standard InChI is InChI=1S/C11H22N2O2/c1-8(2)7-15-13-11(14)10-6-9(3)4-5-12-10/h8-10,12H,4-7H2,1-3H3,(H,13,14). The number of carbonyl (C=O) groups excluding carboxylic acids is 1. The summed E-state index contributed by atoms with van der Waals surface area (Å²) in [6.45, 7) is 7.76. The van der Waals surface area contributed by atoms with Crippen LogP contribution in [0.25, 0.3) is 0 Å². The van der Waals surface area contributed by atoms with E-state index in [0.29, 0.717) is 18.4 Å². The Balaban J connectivity index is 2.21. The van der Waals surface area contributed by atoms with E-state index in [1.807, 2.05) is 13.8 Å². The molecule has 1 rings (SSSR count). The van der Waals surface area contributed by atoms with Gasteiger partial charge in [0.15, 0.2) is 0 Å². The summed E-state index contributed by atoms with van der Waals surface area (Å²) in [4.78, 5) is 16.7. The molecule has 15 heavy (non-hydrogen) atoms. The van der Waals surface area contributed by atoms with Crippen LogP contribution in [0.3, 0.4) is 0 Å². The first-order valence-electron chi connectivity index (χ1n) is 5.74. The van der Waals surface area contributed by atoms with Crippen molar-refractivity contribution < 1.29 is 9.63 Å². The van der Waals surface area contributed by atoms with Crippen LogP contribution in [-0.4, -0.2) is 25.1 Å². The molecule has 1 heterocycles. The maximum Gasteiger partial charge on any atom is 0.260 e. The van der Waals surface area contributed by atoms with Crippen molar-refractivity contribution in [2.45, 2.75) is 39.7 Å². The molecule has 0 spiro atoms. The second-order valence-electron chi connectivity index (χ2n) is 4.81. The molecule has 0 aromatic rings. The van der Waals surface area contributed by atoms with Crippen LogP contribution >= 0.6 is 0 Å². The molecular weight excluding hydrogens is 192 g/mol. The van der Waals surface area contributed by atoms with Crippen LogP contribution in [0.15, 0.2) is 0 Å². The van der Waals surface area contributed by atoms with Crippen molar-refractivity contribution in [3.8, 4) is 0 Å². The lowest BCUT2D eigenvalue weighted by molar-refractivity contribution is -0.137. The lowest BCUT2D eigenvalue weighted by atomic mass is 9.94. The first-order chi connectivity index (χ1) is 7.09. The summed E-state index contributed by atoms with van der Waals surface area (Å²) in [6.07, 6.45) is 2.05. The molecule has 4 nitrogen and oxygen atoms in total. The minimum atomic E-state index is -0.0825. The number of hydrogen-bond donors (Lipinski definition) is 2. The molecule has 4 heteroatoms. The maximum atomic E-state index is 11.6. The van der Waals surface area contributed by atoms with Crippen molar-refractivity contribution in [1.82, 2.24) is 10.8 Å². The SMILES string of the molecule is CC(C)CONC(=O)C1CC(C)CCN1. The Labute approximate surface area is 91.7 Å². The van der Waals surface area contributed by atoms with Crippen molar-refractivity contribution in [2.24, 2.45) is 11.8 Å². The fourth-order valence-corrected chi connectivity index (χ4v) is 1.66. The van der Waals surface area contributed by atoms with Crippen molar-refractivity contribution >= 4 is 5.91 Å². The zero-order valence-electron chi connectivity index (χ0n) is 9.88. The molecule has 1 fully saturated rings. The molecule has 0 aromatic heterocycles. The van der Waals surface area contributed by atoms with E-state index in [0.717, 1.165) is 19.4 Å². The number of piperidine rings is 1. The molecule has 1 saturated heterocycles. The van der Waals surface area contributed by atoms with Gasteiger partial charge in [0.05, 0.1) is 12.6 Å². The molecule has 2 N–H and O–H groups in total. The number of rotatable bonds is 4. The Bertz CT molecular complexity index is 207. The van der Waals surface area contributed by atoms with Crippen molar-refractivity contribution in [1.29, 1.82) is 0 Å². The summed E-state index contributed by atoms with van der Waals surface area (Å²) in [5.74, 6) is 1.01. The summed E-state index contributed by atoms with van der Waals surface area (Å²) in [5, 5.41) is 3.20. The molecule has 1 amide bonds. The molecule has 0 aliphatic carbocycles. The summed E-state index contributed by atoms with van der Waals surface area (Å²) < 4.78 is 0. The molecule has 1 aliphatic rings. The average molecular weight is 214 g/mol. The lowest BCUT2D eigenvalue weighted by Gasteiger charge is -2.27. The summed E-state index contributed by atoms with van der Waals surface area (Å²) in [7, 11) is 0. The van der Waals surface area contributed by atoms with E-state index in [1.54, 1.807) is 0 Å². The van der Waals surface area contributed by atoms with Gasteiger partial charge in [0.25, 0.3) is 5.91 Å². The number of nitrogens with one attached hydrogen (secondary N) is 2. The average Bonchev–Trinajstić information content (AvgIpc) is 2.17. The van der Waals surface area contributed by atoms with Gasteiger partial charge in [-0.1, -0.05) is 20.8 Å². The second-order valence-corrected chi connectivity index (χ2v) is 4.81. The van der Waals surface area contributed by atoms with Crippen molar-refractivity contribution in [2.75, 3.05) is 13.2 Å². The Hall–Kier alpha value is -0.610. The highest BCUT2D eigenvalue weighted by Gasteiger charge is 2.24. The van der Waals surface area contributed by atoms with E-state index < -0.39 is 0 Å². The molecule has 0 saturated carbocycles. The second kappa shape index (κ2) is 6.08. The summed E-state index contributed by atoms with van der Waals surface area (Å²) >= 11 is 0. The minimum Gasteiger partial charge on any atom is -0.306 e. The zero-order valence-corrected chi connectivity index (χ0v) is 9.88. The van der Waals surface area contributed by atoms with E-state index in [9.17, 15) is 4.79 Å². The Morgan fingerprint density at radius 1 is 1.60 bits per heavy atom. The number of amides is 1. The van der Waals surface area contributed by atoms with Gasteiger partial charge in [-0.25, -0.2) is 5.48 Å². The van der Waals surface area contributed by atoms with Crippen LogP contribution in [0.4, 0.5) is 0 Å². The maximum absolute atomic E-state index is 11.6. The van der Waals surface area contributed by atoms with Crippen LogP contribution in [0.5, 0.6) is 0 Å². The highest BCUT2D eigenvalue weighted by atomic mass is 16.7. The molecule has 0 bridgehead atoms. The van der Waals surface area contributed by atoms with E-state index >= 15 is 0 Å². The first-order valence-corrected chi connectivity index (χ1v) is 5.74. The predicted octanol–water partition coefficient (Wildman–Crippen LogP) is 1.08. The van der Waals surface area contributed by atoms with Gasteiger partial charge in [0, 0.05) is 0 Å². The largest absolute Gasteiger partial charge is 0.306 e. The van der Waals surface area contributed by atoms with Gasteiger partial charge < -0.3 is 5.32 Å². The molecule has 2 atom stereocenters. The third-order valence-corrected chi connectivity index (χ3v) is 2.57. The monoisotopic (exact) mass is 214 g/mol. The Kier molecular flexibility index (Phi) is 5.05. The van der Waals surface area contributed by atoms with E-state index in [2.05, 4.69) is 17.7 Å². The molecule has 88 valence electrons. The van der Waals surface area contributed by atoms with Crippen LogP contribution in [-0.2, 0) is 9.63 Å². The third kappa shape index (κ3) is 4.62. The van der Waals surface area contributed by atoms with Crippen LogP contribution in [0.2, 0.25) is 0 Å². The van der Waals surface area contributed by atoms with Gasteiger partial charge in [-0.15, -0.1) is 0 Å². The fourth-order valence-electron chi connectivity index (χ4n) is 1.66. The van der Waals surface area contributed by atoms with E-state index in [-0.39, 0.29) is 11.9 Å². The summed E-state index contributed by atoms with van der Waals surface area (Å²) in [5.41, 5.74) is 2.50. The third-order valence-electron chi connectivity index (χ3n) is 2.57. The van der Waals surface area contributed by atoms with Gasteiger partial charge in [-0.2, -0.15) is 0 Å². The van der Waals surface area contributed by atoms with E-state index in [4.69, 9.17) is 4.84 Å². The highest BCUT2D eigenvalue weighted by molar-refractivity contribution is 5.80. The number of hydrogen-bond acceptors (Lipinski definition) is 3. The van der Waals surface area contributed by atoms with Crippen LogP contribution < -0.4 is 10.8 Å². The zero-order chi connectivity index (χ0) is 11.3. The molecule has 1 aliphatic heterocycles. The quantitative estimate of drug-likeness (QED) is 0.688. The molecule has 0 aromatic carbocycles. The minimum absolute atomic E-state index is 0.0396. The molecule has 2 unspecified atom stereocenters. The van der Waals surface area contributed by atoms with Crippen LogP contribution in [0.1, 0.15) is 33.6 Å². The topological polar surface area (TPSA) is 50.4 Å². The Morgan fingerprint density at radius 2 is 2.33 bits per heavy atom.